The van der Waals surface area contributed by atoms with Gasteiger partial charge >= 0.3 is 0 Å². The predicted octanol–water partition coefficient (Wildman–Crippen LogP) is 1.69. The lowest BCUT2D eigenvalue weighted by Crippen LogP contribution is -2.42. The van der Waals surface area contributed by atoms with Gasteiger partial charge in [0.2, 0.25) is 10.0 Å². The Morgan fingerprint density at radius 2 is 2.00 bits per heavy atom. The predicted molar refractivity (Wildman–Crippen MR) is 94.0 cm³/mol. The molecule has 2 aromatic rings. The summed E-state index contributed by atoms with van der Waals surface area (Å²) in [5.74, 6) is 0.0960. The zero-order valence-corrected chi connectivity index (χ0v) is 15.0. The number of sulfonamides is 1. The summed E-state index contributed by atoms with van der Waals surface area (Å²) < 4.78 is 28.1. The van der Waals surface area contributed by atoms with E-state index in [9.17, 15) is 8.42 Å². The maximum Gasteiger partial charge on any atom is 0.211 e. The first-order chi connectivity index (χ1) is 11.5. The second-order valence-electron chi connectivity index (χ2n) is 6.33. The van der Waals surface area contributed by atoms with Crippen LogP contribution >= 0.6 is 0 Å². The Morgan fingerprint density at radius 3 is 2.71 bits per heavy atom. The molecule has 1 N–H and O–H groups in total. The number of rotatable bonds is 6. The molecule has 6 nitrogen and oxygen atoms in total. The molecular formula is C17H24N4O2S. The van der Waals surface area contributed by atoms with E-state index in [1.807, 2.05) is 10.7 Å². The van der Waals surface area contributed by atoms with Crippen molar-refractivity contribution in [1.82, 2.24) is 19.4 Å². The normalized spacial score (nSPS) is 18.5. The van der Waals surface area contributed by atoms with Gasteiger partial charge in [0.15, 0.2) is 0 Å². The molecule has 1 atom stereocenters. The lowest BCUT2D eigenvalue weighted by Gasteiger charge is -2.34. The number of aryl methyl sites for hydroxylation is 1. The van der Waals surface area contributed by atoms with E-state index in [4.69, 9.17) is 0 Å². The molecule has 1 aliphatic heterocycles. The summed E-state index contributed by atoms with van der Waals surface area (Å²) in [6.45, 7) is 6.54. The number of nitrogens with zero attached hydrogens (tertiary/aromatic N) is 3. The molecule has 0 radical (unpaired) electrons. The molecule has 1 aliphatic rings. The van der Waals surface area contributed by atoms with E-state index in [2.05, 4.69) is 45.9 Å². The SMILES string of the molecule is CCS(=O)(=O)NC[C@H]1CN(Cc2ccc(C)cc2)Cc2ccnn21. The van der Waals surface area contributed by atoms with Gasteiger partial charge in [-0.1, -0.05) is 29.8 Å². The molecule has 0 spiro atoms. The first kappa shape index (κ1) is 17.1. The fourth-order valence-corrected chi connectivity index (χ4v) is 3.66. The Labute approximate surface area is 143 Å². The molecule has 1 aromatic heterocycles. The summed E-state index contributed by atoms with van der Waals surface area (Å²) in [5, 5.41) is 4.37. The van der Waals surface area contributed by atoms with Crippen LogP contribution in [0.15, 0.2) is 36.5 Å². The van der Waals surface area contributed by atoms with Crippen LogP contribution in [0.1, 0.15) is 29.8 Å². The average Bonchev–Trinajstić information content (AvgIpc) is 3.03. The molecule has 130 valence electrons. The number of aromatic nitrogens is 2. The van der Waals surface area contributed by atoms with Gasteiger partial charge in [-0.3, -0.25) is 9.58 Å². The fourth-order valence-electron chi connectivity index (χ4n) is 3.01. The van der Waals surface area contributed by atoms with Gasteiger partial charge in [-0.05, 0) is 25.5 Å². The van der Waals surface area contributed by atoms with Crippen LogP contribution in [0.3, 0.4) is 0 Å². The molecule has 7 heteroatoms. The summed E-state index contributed by atoms with van der Waals surface area (Å²) in [6.07, 6.45) is 1.78. The third-order valence-electron chi connectivity index (χ3n) is 4.40. The third-order valence-corrected chi connectivity index (χ3v) is 5.76. The maximum absolute atomic E-state index is 11.7. The van der Waals surface area contributed by atoms with Crippen molar-refractivity contribution in [2.75, 3.05) is 18.8 Å². The molecule has 0 unspecified atom stereocenters. The highest BCUT2D eigenvalue weighted by Crippen LogP contribution is 2.22. The lowest BCUT2D eigenvalue weighted by atomic mass is 10.1. The van der Waals surface area contributed by atoms with Gasteiger partial charge < -0.3 is 0 Å². The minimum Gasteiger partial charge on any atom is -0.291 e. The monoisotopic (exact) mass is 348 g/mol. The Kier molecular flexibility index (Phi) is 5.03. The molecule has 2 heterocycles. The van der Waals surface area contributed by atoms with Gasteiger partial charge in [0.05, 0.1) is 17.5 Å². The highest BCUT2D eigenvalue weighted by molar-refractivity contribution is 7.89. The lowest BCUT2D eigenvalue weighted by molar-refractivity contribution is 0.168. The van der Waals surface area contributed by atoms with Gasteiger partial charge in [0, 0.05) is 32.4 Å². The van der Waals surface area contributed by atoms with Crippen molar-refractivity contribution in [3.05, 3.63) is 53.3 Å². The van der Waals surface area contributed by atoms with E-state index in [1.165, 1.54) is 11.1 Å². The van der Waals surface area contributed by atoms with Crippen molar-refractivity contribution in [2.45, 2.75) is 33.0 Å². The summed E-state index contributed by atoms with van der Waals surface area (Å²) in [4.78, 5) is 2.34. The minimum atomic E-state index is -3.20. The van der Waals surface area contributed by atoms with Crippen molar-refractivity contribution in [3.8, 4) is 0 Å². The van der Waals surface area contributed by atoms with Crippen LogP contribution in [-0.2, 0) is 23.1 Å². The van der Waals surface area contributed by atoms with Gasteiger partial charge in [-0.2, -0.15) is 5.10 Å². The van der Waals surface area contributed by atoms with E-state index in [0.717, 1.165) is 25.3 Å². The molecule has 24 heavy (non-hydrogen) atoms. The second-order valence-corrected chi connectivity index (χ2v) is 8.42. The zero-order valence-electron chi connectivity index (χ0n) is 14.1. The van der Waals surface area contributed by atoms with Crippen LogP contribution in [0.4, 0.5) is 0 Å². The highest BCUT2D eigenvalue weighted by Gasteiger charge is 2.26. The number of nitrogens with one attached hydrogen (secondary N) is 1. The van der Waals surface area contributed by atoms with Crippen molar-refractivity contribution in [3.63, 3.8) is 0 Å². The van der Waals surface area contributed by atoms with Crippen LogP contribution in [-0.4, -0.2) is 41.9 Å². The largest absolute Gasteiger partial charge is 0.291 e. The molecule has 1 aromatic carbocycles. The van der Waals surface area contributed by atoms with Gasteiger partial charge in [-0.15, -0.1) is 0 Å². The summed E-state index contributed by atoms with van der Waals surface area (Å²) in [6, 6.07) is 10.6. The summed E-state index contributed by atoms with van der Waals surface area (Å²) >= 11 is 0. The Hall–Kier alpha value is -1.70. The Bertz CT molecular complexity index is 783. The van der Waals surface area contributed by atoms with Crippen molar-refractivity contribution in [1.29, 1.82) is 0 Å². The molecule has 0 amide bonds. The third kappa shape index (κ3) is 4.03. The molecule has 0 bridgehead atoms. The molecular weight excluding hydrogens is 324 g/mol. The quantitative estimate of drug-likeness (QED) is 0.863. The van der Waals surface area contributed by atoms with Crippen LogP contribution in [0.5, 0.6) is 0 Å². The van der Waals surface area contributed by atoms with Gasteiger partial charge in [-0.25, -0.2) is 13.1 Å². The topological polar surface area (TPSA) is 67.2 Å². The van der Waals surface area contributed by atoms with E-state index in [0.29, 0.717) is 6.54 Å². The first-order valence-corrected chi connectivity index (χ1v) is 9.89. The summed E-state index contributed by atoms with van der Waals surface area (Å²) in [7, 11) is -3.20. The average molecular weight is 348 g/mol. The van der Waals surface area contributed by atoms with Crippen molar-refractivity contribution in [2.24, 2.45) is 0 Å². The molecule has 3 rings (SSSR count). The highest BCUT2D eigenvalue weighted by atomic mass is 32.2. The maximum atomic E-state index is 11.7. The van der Waals surface area contributed by atoms with E-state index in [-0.39, 0.29) is 11.8 Å². The van der Waals surface area contributed by atoms with E-state index < -0.39 is 10.0 Å². The standard InChI is InChI=1S/C17H24N4O2S/c1-3-24(22,23)19-10-17-13-20(12-16-8-9-18-21(16)17)11-15-6-4-14(2)5-7-15/h4-9,17,19H,3,10-13H2,1-2H3/t17-/m0/s1. The minimum absolute atomic E-state index is 0.00974. The second kappa shape index (κ2) is 7.04. The van der Waals surface area contributed by atoms with E-state index >= 15 is 0 Å². The van der Waals surface area contributed by atoms with Crippen LogP contribution < -0.4 is 4.72 Å². The summed E-state index contributed by atoms with van der Waals surface area (Å²) in [5.41, 5.74) is 3.64. The number of benzene rings is 1. The number of hydrogen-bond acceptors (Lipinski definition) is 4. The first-order valence-electron chi connectivity index (χ1n) is 8.24. The molecule has 0 fully saturated rings. The van der Waals surface area contributed by atoms with Crippen molar-refractivity contribution < 1.29 is 8.42 Å². The zero-order chi connectivity index (χ0) is 17.2. The molecule has 0 saturated carbocycles. The van der Waals surface area contributed by atoms with Gasteiger partial charge in [0.1, 0.15) is 0 Å². The Morgan fingerprint density at radius 1 is 1.25 bits per heavy atom. The van der Waals surface area contributed by atoms with Gasteiger partial charge in [0.25, 0.3) is 0 Å². The van der Waals surface area contributed by atoms with Crippen LogP contribution in [0.25, 0.3) is 0 Å². The molecule has 0 aliphatic carbocycles. The Balaban J connectivity index is 1.72. The van der Waals surface area contributed by atoms with Crippen molar-refractivity contribution >= 4 is 10.0 Å². The smallest absolute Gasteiger partial charge is 0.211 e. The molecule has 0 saturated heterocycles. The van der Waals surface area contributed by atoms with E-state index in [1.54, 1.807) is 13.1 Å². The fraction of sp³-hybridized carbons (Fsp3) is 0.471. The van der Waals surface area contributed by atoms with Crippen LogP contribution in [0.2, 0.25) is 0 Å². The number of hydrogen-bond donors (Lipinski definition) is 1. The number of fused-ring (bicyclic) bond motifs is 1. The van der Waals surface area contributed by atoms with Crippen LogP contribution in [0, 0.1) is 6.92 Å².